The molecule has 11 heteroatoms. The molecule has 1 unspecified atom stereocenters. The van der Waals surface area contributed by atoms with Crippen molar-refractivity contribution in [3.8, 4) is 5.69 Å². The van der Waals surface area contributed by atoms with Gasteiger partial charge >= 0.3 is 0 Å². The minimum Gasteiger partial charge on any atom is -0.383 e. The highest BCUT2D eigenvalue weighted by Crippen LogP contribution is 2.29. The van der Waals surface area contributed by atoms with Gasteiger partial charge in [0.2, 0.25) is 0 Å². The van der Waals surface area contributed by atoms with Crippen LogP contribution in [0.25, 0.3) is 16.7 Å². The lowest BCUT2D eigenvalue weighted by atomic mass is 10.2. The fourth-order valence-electron chi connectivity index (χ4n) is 3.17. The molecule has 0 aliphatic rings. The van der Waals surface area contributed by atoms with Crippen molar-refractivity contribution >= 4 is 28.6 Å². The summed E-state index contributed by atoms with van der Waals surface area (Å²) in [6.45, 7) is 1.74. The number of nitrogens with two attached hydrogens (primary N) is 2. The van der Waals surface area contributed by atoms with Crippen LogP contribution in [0.3, 0.4) is 0 Å². The lowest BCUT2D eigenvalue weighted by Gasteiger charge is -2.18. The Hall–Kier alpha value is -4.15. The molecule has 1 aromatic carbocycles. The predicted octanol–water partition coefficient (Wildman–Crippen LogP) is 2.34. The molecule has 0 spiro atoms. The van der Waals surface area contributed by atoms with E-state index >= 15 is 0 Å². The van der Waals surface area contributed by atoms with Crippen molar-refractivity contribution in [3.05, 3.63) is 66.0 Å². The molecule has 0 aliphatic heterocycles. The van der Waals surface area contributed by atoms with E-state index in [1.807, 2.05) is 0 Å². The first-order valence-electron chi connectivity index (χ1n) is 8.80. The number of amides is 1. The SMILES string of the molecule is CC(Nc1ncnc(N)c1C(N)=O)c1nc2ccc(F)cc2n1-c1cncc(F)c1. The van der Waals surface area contributed by atoms with E-state index in [1.165, 1.54) is 36.8 Å². The first-order valence-corrected chi connectivity index (χ1v) is 8.80. The van der Waals surface area contributed by atoms with Gasteiger partial charge in [0.1, 0.15) is 41.0 Å². The number of fused-ring (bicyclic) bond motifs is 1. The van der Waals surface area contributed by atoms with Gasteiger partial charge in [-0.3, -0.25) is 14.3 Å². The molecule has 0 bridgehead atoms. The summed E-state index contributed by atoms with van der Waals surface area (Å²) in [5, 5.41) is 3.03. The zero-order chi connectivity index (χ0) is 21.4. The molecule has 30 heavy (non-hydrogen) atoms. The van der Waals surface area contributed by atoms with Crippen LogP contribution < -0.4 is 16.8 Å². The maximum atomic E-state index is 13.9. The molecular weight excluding hydrogens is 394 g/mol. The van der Waals surface area contributed by atoms with Crippen molar-refractivity contribution in [2.24, 2.45) is 5.73 Å². The first kappa shape index (κ1) is 19.2. The maximum Gasteiger partial charge on any atom is 0.256 e. The number of rotatable bonds is 5. The standard InChI is InChI=1S/C19H16F2N8O/c1-9(27-18-15(17(23)30)16(22)25-8-26-18)19-28-13-3-2-10(20)5-14(13)29(19)12-4-11(21)6-24-7-12/h2-9H,1H3,(H2,23,30)(H3,22,25,26,27). The highest BCUT2D eigenvalue weighted by molar-refractivity contribution is 6.01. The average Bonchev–Trinajstić information content (AvgIpc) is 3.06. The van der Waals surface area contributed by atoms with Gasteiger partial charge in [0.05, 0.1) is 35.2 Å². The van der Waals surface area contributed by atoms with Crippen LogP contribution in [0.5, 0.6) is 0 Å². The molecular formula is C19H16F2N8O. The molecule has 4 aromatic rings. The number of benzene rings is 1. The van der Waals surface area contributed by atoms with Crippen LogP contribution in [0.1, 0.15) is 29.1 Å². The number of nitrogens with zero attached hydrogens (tertiary/aromatic N) is 5. The molecule has 1 atom stereocenters. The van der Waals surface area contributed by atoms with Gasteiger partial charge in [-0.2, -0.15) is 0 Å². The molecule has 0 aliphatic carbocycles. The summed E-state index contributed by atoms with van der Waals surface area (Å²) in [6, 6.07) is 4.77. The zero-order valence-corrected chi connectivity index (χ0v) is 15.7. The second-order valence-electron chi connectivity index (χ2n) is 6.51. The third-order valence-electron chi connectivity index (χ3n) is 4.45. The van der Waals surface area contributed by atoms with Crippen LogP contribution in [0, 0.1) is 11.6 Å². The molecule has 152 valence electrons. The predicted molar refractivity (Wildman–Crippen MR) is 106 cm³/mol. The Labute approximate surface area is 168 Å². The summed E-state index contributed by atoms with van der Waals surface area (Å²) < 4.78 is 29.3. The Bertz CT molecular complexity index is 1270. The van der Waals surface area contributed by atoms with E-state index in [0.29, 0.717) is 22.5 Å². The van der Waals surface area contributed by atoms with E-state index in [-0.39, 0.29) is 17.2 Å². The quantitative estimate of drug-likeness (QED) is 0.459. The molecule has 4 rings (SSSR count). The molecule has 3 heterocycles. The zero-order valence-electron chi connectivity index (χ0n) is 15.7. The molecule has 3 aromatic heterocycles. The average molecular weight is 410 g/mol. The monoisotopic (exact) mass is 410 g/mol. The largest absolute Gasteiger partial charge is 0.383 e. The third kappa shape index (κ3) is 3.36. The molecule has 0 fully saturated rings. The van der Waals surface area contributed by atoms with Crippen LogP contribution in [0.2, 0.25) is 0 Å². The van der Waals surface area contributed by atoms with Crippen molar-refractivity contribution in [1.29, 1.82) is 0 Å². The number of aromatic nitrogens is 5. The summed E-state index contributed by atoms with van der Waals surface area (Å²) in [5.41, 5.74) is 12.3. The van der Waals surface area contributed by atoms with E-state index in [1.54, 1.807) is 11.5 Å². The number of carbonyl (C=O) groups is 1. The van der Waals surface area contributed by atoms with E-state index in [4.69, 9.17) is 11.5 Å². The van der Waals surface area contributed by atoms with Crippen LogP contribution >= 0.6 is 0 Å². The van der Waals surface area contributed by atoms with Gasteiger partial charge in [-0.25, -0.2) is 23.7 Å². The number of hydrogen-bond acceptors (Lipinski definition) is 7. The summed E-state index contributed by atoms with van der Waals surface area (Å²) >= 11 is 0. The minimum absolute atomic E-state index is 0.0644. The van der Waals surface area contributed by atoms with Gasteiger partial charge in [-0.05, 0) is 19.1 Å². The summed E-state index contributed by atoms with van der Waals surface area (Å²) in [6.07, 6.45) is 3.68. The van der Waals surface area contributed by atoms with Crippen LogP contribution in [0.15, 0.2) is 43.0 Å². The number of anilines is 2. The fourth-order valence-corrected chi connectivity index (χ4v) is 3.17. The van der Waals surface area contributed by atoms with Crippen LogP contribution in [0.4, 0.5) is 20.4 Å². The topological polar surface area (TPSA) is 138 Å². The van der Waals surface area contributed by atoms with Gasteiger partial charge in [0, 0.05) is 12.1 Å². The number of nitrogens with one attached hydrogen (secondary N) is 1. The number of carbonyl (C=O) groups excluding carboxylic acids is 1. The van der Waals surface area contributed by atoms with Gasteiger partial charge in [0.15, 0.2) is 0 Å². The van der Waals surface area contributed by atoms with E-state index in [2.05, 4.69) is 25.3 Å². The second-order valence-corrected chi connectivity index (χ2v) is 6.51. The Morgan fingerprint density at radius 3 is 2.70 bits per heavy atom. The van der Waals surface area contributed by atoms with Crippen molar-refractivity contribution in [3.63, 3.8) is 0 Å². The normalized spacial score (nSPS) is 12.1. The van der Waals surface area contributed by atoms with Crippen molar-refractivity contribution in [2.75, 3.05) is 11.1 Å². The van der Waals surface area contributed by atoms with E-state index in [0.717, 1.165) is 6.20 Å². The van der Waals surface area contributed by atoms with Gasteiger partial charge in [-0.15, -0.1) is 0 Å². The van der Waals surface area contributed by atoms with E-state index < -0.39 is 23.6 Å². The Kier molecular flexibility index (Phi) is 4.70. The summed E-state index contributed by atoms with van der Waals surface area (Å²) in [7, 11) is 0. The Morgan fingerprint density at radius 2 is 1.97 bits per heavy atom. The maximum absolute atomic E-state index is 13.9. The van der Waals surface area contributed by atoms with Crippen molar-refractivity contribution in [2.45, 2.75) is 13.0 Å². The smallest absolute Gasteiger partial charge is 0.256 e. The second kappa shape index (κ2) is 7.35. The number of pyridine rings is 1. The molecule has 1 amide bonds. The summed E-state index contributed by atoms with van der Waals surface area (Å²) in [5.74, 6) is -1.39. The van der Waals surface area contributed by atoms with Crippen molar-refractivity contribution < 1.29 is 13.6 Å². The molecule has 5 N–H and O–H groups in total. The van der Waals surface area contributed by atoms with Crippen molar-refractivity contribution in [1.82, 2.24) is 24.5 Å². The van der Waals surface area contributed by atoms with E-state index in [9.17, 15) is 13.6 Å². The number of nitrogen functional groups attached to an aromatic ring is 1. The molecule has 0 saturated carbocycles. The van der Waals surface area contributed by atoms with Gasteiger partial charge in [-0.1, -0.05) is 0 Å². The summed E-state index contributed by atoms with van der Waals surface area (Å²) in [4.78, 5) is 28.0. The number of imidazole rings is 1. The molecule has 0 radical (unpaired) electrons. The minimum atomic E-state index is -0.798. The highest BCUT2D eigenvalue weighted by Gasteiger charge is 2.22. The number of primary amides is 1. The lowest BCUT2D eigenvalue weighted by Crippen LogP contribution is -2.21. The lowest BCUT2D eigenvalue weighted by molar-refractivity contribution is 0.100. The fraction of sp³-hybridized carbons (Fsp3) is 0.105. The number of halogens is 2. The molecule has 9 nitrogen and oxygen atoms in total. The van der Waals surface area contributed by atoms with Gasteiger partial charge < -0.3 is 16.8 Å². The van der Waals surface area contributed by atoms with Gasteiger partial charge in [0.25, 0.3) is 5.91 Å². The Morgan fingerprint density at radius 1 is 1.17 bits per heavy atom. The third-order valence-corrected chi connectivity index (χ3v) is 4.45. The Balaban J connectivity index is 1.86. The first-order chi connectivity index (χ1) is 14.3. The highest BCUT2D eigenvalue weighted by atomic mass is 19.1. The molecule has 0 saturated heterocycles. The van der Waals surface area contributed by atoms with Crippen LogP contribution in [-0.4, -0.2) is 30.4 Å². The number of hydrogen-bond donors (Lipinski definition) is 3. The van der Waals surface area contributed by atoms with Crippen LogP contribution in [-0.2, 0) is 0 Å².